The number of methoxy groups -OCH3 is 2. The van der Waals surface area contributed by atoms with E-state index in [-0.39, 0.29) is 34.5 Å². The first-order valence-electron chi connectivity index (χ1n) is 13.6. The highest BCUT2D eigenvalue weighted by atomic mass is 35.5. The number of aromatic hydroxyl groups is 1. The largest absolute Gasteiger partial charge is 0.507 e. The molecule has 0 amide bonds. The van der Waals surface area contributed by atoms with Crippen LogP contribution in [0.2, 0.25) is 5.02 Å². The van der Waals surface area contributed by atoms with Gasteiger partial charge in [0, 0.05) is 34.6 Å². The van der Waals surface area contributed by atoms with Gasteiger partial charge in [-0.25, -0.2) is 0 Å². The summed E-state index contributed by atoms with van der Waals surface area (Å²) in [7, 11) is 3.16. The lowest BCUT2D eigenvalue weighted by molar-refractivity contribution is -0.135. The maximum absolute atomic E-state index is 13.7. The molecule has 43 heavy (non-hydrogen) atoms. The Morgan fingerprint density at radius 1 is 0.977 bits per heavy atom. The zero-order valence-corrected chi connectivity index (χ0v) is 24.1. The molecule has 1 atom stereocenters. The van der Waals surface area contributed by atoms with E-state index in [1.165, 1.54) is 12.3 Å². The number of ether oxygens (including phenoxy) is 4. The van der Waals surface area contributed by atoms with Crippen molar-refractivity contribution in [2.24, 2.45) is 0 Å². The molecule has 6 rings (SSSR count). The molecular formula is C34H27ClO8. The van der Waals surface area contributed by atoms with Crippen LogP contribution in [-0.2, 0) is 11.2 Å². The number of phenols is 1. The van der Waals surface area contributed by atoms with Gasteiger partial charge in [-0.05, 0) is 41.5 Å². The SMILES string of the molecule is COc1ccc(CCOc2c(OC)cccc2[C@H]2CC(=O)Oc3cc(O)c4c(=O)c(-c5ccc(Cl)cc5)coc4c32)cc1. The summed E-state index contributed by atoms with van der Waals surface area (Å²) >= 11 is 6.03. The van der Waals surface area contributed by atoms with Crippen molar-refractivity contribution in [2.45, 2.75) is 18.8 Å². The zero-order chi connectivity index (χ0) is 30.1. The van der Waals surface area contributed by atoms with Crippen LogP contribution >= 0.6 is 11.6 Å². The number of carbonyl (C=O) groups excluding carboxylic acids is 1. The molecule has 8 nitrogen and oxygen atoms in total. The Morgan fingerprint density at radius 3 is 2.47 bits per heavy atom. The van der Waals surface area contributed by atoms with Gasteiger partial charge in [-0.15, -0.1) is 0 Å². The Hall–Kier alpha value is -4.95. The molecule has 5 aromatic rings. The van der Waals surface area contributed by atoms with E-state index < -0.39 is 17.3 Å². The molecule has 0 fully saturated rings. The third kappa shape index (κ3) is 5.37. The molecule has 4 aromatic carbocycles. The molecule has 1 aromatic heterocycles. The summed E-state index contributed by atoms with van der Waals surface area (Å²) in [6, 6.07) is 21.2. The first-order chi connectivity index (χ1) is 20.9. The molecule has 1 aliphatic heterocycles. The molecular weight excluding hydrogens is 572 g/mol. The maximum Gasteiger partial charge on any atom is 0.312 e. The van der Waals surface area contributed by atoms with Crippen molar-refractivity contribution in [3.63, 3.8) is 0 Å². The number of hydrogen-bond acceptors (Lipinski definition) is 8. The number of rotatable bonds is 8. The predicted molar refractivity (Wildman–Crippen MR) is 162 cm³/mol. The molecule has 218 valence electrons. The van der Waals surface area contributed by atoms with Crippen LogP contribution in [0.3, 0.4) is 0 Å². The van der Waals surface area contributed by atoms with Gasteiger partial charge in [0.1, 0.15) is 34.5 Å². The van der Waals surface area contributed by atoms with Crippen LogP contribution in [0.15, 0.2) is 88.3 Å². The minimum atomic E-state index is -0.616. The van der Waals surface area contributed by atoms with Gasteiger partial charge in [-0.2, -0.15) is 0 Å². The van der Waals surface area contributed by atoms with Gasteiger partial charge in [0.25, 0.3) is 0 Å². The highest BCUT2D eigenvalue weighted by molar-refractivity contribution is 6.30. The van der Waals surface area contributed by atoms with E-state index in [0.717, 1.165) is 11.3 Å². The maximum atomic E-state index is 13.7. The number of esters is 1. The van der Waals surface area contributed by atoms with Gasteiger partial charge >= 0.3 is 5.97 Å². The normalized spacial score (nSPS) is 14.2. The molecule has 0 saturated heterocycles. The zero-order valence-electron chi connectivity index (χ0n) is 23.4. The summed E-state index contributed by atoms with van der Waals surface area (Å²) in [5.41, 5.74) is 2.71. The predicted octanol–water partition coefficient (Wildman–Crippen LogP) is 6.90. The lowest BCUT2D eigenvalue weighted by Crippen LogP contribution is -2.22. The summed E-state index contributed by atoms with van der Waals surface area (Å²) in [6.07, 6.45) is 1.92. The fourth-order valence-corrected chi connectivity index (χ4v) is 5.54. The van der Waals surface area contributed by atoms with Crippen LogP contribution in [0, 0.1) is 0 Å². The minimum absolute atomic E-state index is 0.0148. The number of benzene rings is 4. The van der Waals surface area contributed by atoms with E-state index in [0.29, 0.717) is 46.2 Å². The molecule has 2 heterocycles. The van der Waals surface area contributed by atoms with Crippen LogP contribution in [0.1, 0.15) is 29.0 Å². The molecule has 1 aliphatic rings. The van der Waals surface area contributed by atoms with Gasteiger partial charge in [0.2, 0.25) is 5.43 Å². The van der Waals surface area contributed by atoms with Gasteiger partial charge in [-0.3, -0.25) is 9.59 Å². The Bertz CT molecular complexity index is 1880. The number of hydrogen-bond donors (Lipinski definition) is 1. The quantitative estimate of drug-likeness (QED) is 0.152. The second-order valence-corrected chi connectivity index (χ2v) is 10.5. The van der Waals surface area contributed by atoms with Crippen molar-refractivity contribution in [3.8, 4) is 39.9 Å². The molecule has 1 N–H and O–H groups in total. The number of halogens is 1. The number of carbonyl (C=O) groups is 1. The summed E-state index contributed by atoms with van der Waals surface area (Å²) < 4.78 is 28.8. The first-order valence-corrected chi connectivity index (χ1v) is 14.0. The van der Waals surface area contributed by atoms with Gasteiger partial charge in [0.05, 0.1) is 32.8 Å². The summed E-state index contributed by atoms with van der Waals surface area (Å²) in [5.74, 6) is 0.366. The second-order valence-electron chi connectivity index (χ2n) is 10.1. The highest BCUT2D eigenvalue weighted by Gasteiger charge is 2.36. The molecule has 0 saturated carbocycles. The average Bonchev–Trinajstić information content (AvgIpc) is 3.01. The fourth-order valence-electron chi connectivity index (χ4n) is 5.41. The lowest BCUT2D eigenvalue weighted by Gasteiger charge is -2.28. The third-order valence-electron chi connectivity index (χ3n) is 7.53. The lowest BCUT2D eigenvalue weighted by atomic mass is 9.84. The summed E-state index contributed by atoms with van der Waals surface area (Å²) in [5, 5.41) is 11.4. The van der Waals surface area contributed by atoms with E-state index in [2.05, 4.69) is 0 Å². The molecule has 0 spiro atoms. The van der Waals surface area contributed by atoms with Crippen LogP contribution in [-0.4, -0.2) is 31.9 Å². The third-order valence-corrected chi connectivity index (χ3v) is 7.78. The number of phenolic OH excluding ortho intramolecular Hbond substituents is 1. The van der Waals surface area contributed by atoms with E-state index in [4.69, 9.17) is 35.0 Å². The summed E-state index contributed by atoms with van der Waals surface area (Å²) in [4.78, 5) is 26.5. The van der Waals surface area contributed by atoms with Crippen molar-refractivity contribution in [1.82, 2.24) is 0 Å². The molecule has 0 bridgehead atoms. The molecule has 0 unspecified atom stereocenters. The van der Waals surface area contributed by atoms with E-state index in [9.17, 15) is 14.7 Å². The average molecular weight is 599 g/mol. The van der Waals surface area contributed by atoms with Crippen LogP contribution < -0.4 is 24.4 Å². The fraction of sp³-hybridized carbons (Fsp3) is 0.176. The van der Waals surface area contributed by atoms with Crippen molar-refractivity contribution in [1.29, 1.82) is 0 Å². The van der Waals surface area contributed by atoms with E-state index in [1.54, 1.807) is 44.6 Å². The molecule has 0 aliphatic carbocycles. The number of fused-ring (bicyclic) bond motifs is 3. The smallest absolute Gasteiger partial charge is 0.312 e. The molecule has 9 heteroatoms. The topological polar surface area (TPSA) is 104 Å². The van der Waals surface area contributed by atoms with E-state index in [1.807, 2.05) is 36.4 Å². The van der Waals surface area contributed by atoms with Gasteiger partial charge in [-0.1, -0.05) is 48.0 Å². The van der Waals surface area contributed by atoms with Crippen LogP contribution in [0.4, 0.5) is 0 Å². The van der Waals surface area contributed by atoms with Crippen molar-refractivity contribution in [3.05, 3.63) is 111 Å². The monoisotopic (exact) mass is 598 g/mol. The van der Waals surface area contributed by atoms with Crippen molar-refractivity contribution in [2.75, 3.05) is 20.8 Å². The van der Waals surface area contributed by atoms with Gasteiger partial charge in [0.15, 0.2) is 11.5 Å². The number of para-hydroxylation sites is 1. The Labute approximate surface area is 252 Å². The van der Waals surface area contributed by atoms with Crippen molar-refractivity contribution >= 4 is 28.5 Å². The standard InChI is InChI=1S/C34H27ClO8/c1-39-22-12-6-19(7-13-22)14-15-41-33-23(4-3-5-27(33)40-2)24-16-29(37)43-28-17-26(36)31-32(38)25(18-42-34(31)30(24)28)20-8-10-21(35)11-9-20/h3-13,17-18,24,36H,14-16H2,1-2H3/t24-/m1/s1. The summed E-state index contributed by atoms with van der Waals surface area (Å²) in [6.45, 7) is 0.333. The first kappa shape index (κ1) is 28.2. The van der Waals surface area contributed by atoms with Crippen LogP contribution in [0.5, 0.6) is 28.7 Å². The second kappa shape index (κ2) is 11.7. The minimum Gasteiger partial charge on any atom is -0.507 e. The van der Waals surface area contributed by atoms with Gasteiger partial charge < -0.3 is 28.5 Å². The Kier molecular flexibility index (Phi) is 7.69. The highest BCUT2D eigenvalue weighted by Crippen LogP contribution is 2.49. The van der Waals surface area contributed by atoms with Crippen molar-refractivity contribution < 1.29 is 33.3 Å². The molecule has 0 radical (unpaired) electrons. The van der Waals surface area contributed by atoms with Crippen LogP contribution in [0.25, 0.3) is 22.1 Å². The van der Waals surface area contributed by atoms with E-state index >= 15 is 0 Å². The Morgan fingerprint density at radius 2 is 1.74 bits per heavy atom. The Balaban J connectivity index is 1.43.